The smallest absolute Gasteiger partial charge is 0.160 e. The fourth-order valence-electron chi connectivity index (χ4n) is 2.13. The second-order valence-electron chi connectivity index (χ2n) is 4.18. The largest absolute Gasteiger partial charge is 0.493 e. The Kier molecular flexibility index (Phi) is 2.86. The van der Waals surface area contributed by atoms with Crippen LogP contribution < -0.4 is 9.47 Å². The molecule has 1 aliphatic rings. The van der Waals surface area contributed by atoms with Crippen molar-refractivity contribution < 1.29 is 14.3 Å². The summed E-state index contributed by atoms with van der Waals surface area (Å²) >= 11 is 0. The van der Waals surface area contributed by atoms with Crippen molar-refractivity contribution >= 4 is 5.78 Å². The first-order chi connectivity index (χ1) is 7.67. The lowest BCUT2D eigenvalue weighted by molar-refractivity contribution is -0.130. The molecule has 1 aromatic carbocycles. The SMILES string of the molecule is COc1ccc(C2CC(=O)C2C)cc1OC. The molecule has 2 atom stereocenters. The van der Waals surface area contributed by atoms with Crippen LogP contribution in [0.2, 0.25) is 0 Å². The number of hydrogen-bond donors (Lipinski definition) is 0. The van der Waals surface area contributed by atoms with Crippen LogP contribution in [0, 0.1) is 5.92 Å². The monoisotopic (exact) mass is 220 g/mol. The summed E-state index contributed by atoms with van der Waals surface area (Å²) in [5.74, 6) is 2.28. The molecule has 0 N–H and O–H groups in total. The number of hydrogen-bond acceptors (Lipinski definition) is 3. The van der Waals surface area contributed by atoms with Gasteiger partial charge in [0.1, 0.15) is 5.78 Å². The molecule has 3 heteroatoms. The van der Waals surface area contributed by atoms with E-state index in [9.17, 15) is 4.79 Å². The standard InChI is InChI=1S/C13H16O3/c1-8-10(7-11(8)14)9-4-5-12(15-2)13(6-9)16-3/h4-6,8,10H,7H2,1-3H3. The summed E-state index contributed by atoms with van der Waals surface area (Å²) in [6, 6.07) is 5.87. The van der Waals surface area contributed by atoms with Crippen LogP contribution in [0.25, 0.3) is 0 Å². The fourth-order valence-corrected chi connectivity index (χ4v) is 2.13. The van der Waals surface area contributed by atoms with Gasteiger partial charge in [-0.05, 0) is 17.7 Å². The zero-order valence-corrected chi connectivity index (χ0v) is 9.82. The molecule has 1 aliphatic carbocycles. The van der Waals surface area contributed by atoms with Gasteiger partial charge in [0.2, 0.25) is 0 Å². The molecule has 1 fully saturated rings. The van der Waals surface area contributed by atoms with Gasteiger partial charge < -0.3 is 9.47 Å². The second-order valence-corrected chi connectivity index (χ2v) is 4.18. The van der Waals surface area contributed by atoms with Crippen molar-refractivity contribution in [3.05, 3.63) is 23.8 Å². The van der Waals surface area contributed by atoms with E-state index in [4.69, 9.17) is 9.47 Å². The van der Waals surface area contributed by atoms with Crippen LogP contribution >= 0.6 is 0 Å². The van der Waals surface area contributed by atoms with Crippen molar-refractivity contribution in [2.75, 3.05) is 14.2 Å². The summed E-state index contributed by atoms with van der Waals surface area (Å²) in [7, 11) is 3.24. The molecule has 3 nitrogen and oxygen atoms in total. The summed E-state index contributed by atoms with van der Waals surface area (Å²) < 4.78 is 10.4. The molecule has 0 amide bonds. The second kappa shape index (κ2) is 4.16. The number of Topliss-reactive ketones (excluding diaryl/α,β-unsaturated/α-hetero) is 1. The van der Waals surface area contributed by atoms with Gasteiger partial charge in [-0.25, -0.2) is 0 Å². The van der Waals surface area contributed by atoms with Crippen LogP contribution in [0.3, 0.4) is 0 Å². The predicted molar refractivity (Wildman–Crippen MR) is 61.1 cm³/mol. The number of rotatable bonds is 3. The molecule has 1 aromatic rings. The van der Waals surface area contributed by atoms with E-state index in [-0.39, 0.29) is 5.92 Å². The van der Waals surface area contributed by atoms with Crippen LogP contribution in [0.5, 0.6) is 11.5 Å². The molecule has 0 bridgehead atoms. The number of methoxy groups -OCH3 is 2. The van der Waals surface area contributed by atoms with Gasteiger partial charge in [-0.1, -0.05) is 13.0 Å². The third kappa shape index (κ3) is 1.66. The summed E-state index contributed by atoms with van der Waals surface area (Å²) in [4.78, 5) is 11.2. The zero-order chi connectivity index (χ0) is 11.7. The number of carbonyl (C=O) groups is 1. The minimum atomic E-state index is 0.137. The van der Waals surface area contributed by atoms with Gasteiger partial charge in [-0.2, -0.15) is 0 Å². The highest BCUT2D eigenvalue weighted by Gasteiger charge is 2.37. The highest BCUT2D eigenvalue weighted by Crippen LogP contribution is 2.41. The molecule has 16 heavy (non-hydrogen) atoms. The summed E-state index contributed by atoms with van der Waals surface area (Å²) in [6.07, 6.45) is 0.649. The molecule has 0 radical (unpaired) electrons. The third-order valence-corrected chi connectivity index (χ3v) is 3.37. The Hall–Kier alpha value is -1.51. The first-order valence-electron chi connectivity index (χ1n) is 5.42. The van der Waals surface area contributed by atoms with Crippen LogP contribution in [0.15, 0.2) is 18.2 Å². The van der Waals surface area contributed by atoms with E-state index in [2.05, 4.69) is 0 Å². The molecular weight excluding hydrogens is 204 g/mol. The van der Waals surface area contributed by atoms with Gasteiger partial charge in [0, 0.05) is 18.3 Å². The quantitative estimate of drug-likeness (QED) is 0.784. The minimum absolute atomic E-state index is 0.137. The Labute approximate surface area is 95.4 Å². The number of benzene rings is 1. The van der Waals surface area contributed by atoms with Crippen LogP contribution in [0.4, 0.5) is 0 Å². The summed E-state index contributed by atoms with van der Waals surface area (Å²) in [5.41, 5.74) is 1.16. The van der Waals surface area contributed by atoms with E-state index in [0.29, 0.717) is 18.1 Å². The molecule has 0 saturated heterocycles. The van der Waals surface area contributed by atoms with Crippen LogP contribution in [0.1, 0.15) is 24.8 Å². The van der Waals surface area contributed by atoms with Crippen molar-refractivity contribution in [2.45, 2.75) is 19.3 Å². The van der Waals surface area contributed by atoms with Crippen LogP contribution in [-0.4, -0.2) is 20.0 Å². The molecule has 0 aromatic heterocycles. The minimum Gasteiger partial charge on any atom is -0.493 e. The first-order valence-corrected chi connectivity index (χ1v) is 5.42. The van der Waals surface area contributed by atoms with E-state index in [1.54, 1.807) is 14.2 Å². The summed E-state index contributed by atoms with van der Waals surface area (Å²) in [5, 5.41) is 0. The lowest BCUT2D eigenvalue weighted by Gasteiger charge is -2.32. The van der Waals surface area contributed by atoms with E-state index < -0.39 is 0 Å². The molecule has 2 unspecified atom stereocenters. The van der Waals surface area contributed by atoms with E-state index >= 15 is 0 Å². The van der Waals surface area contributed by atoms with Crippen molar-refractivity contribution in [3.8, 4) is 11.5 Å². The fraction of sp³-hybridized carbons (Fsp3) is 0.462. The zero-order valence-electron chi connectivity index (χ0n) is 9.82. The predicted octanol–water partition coefficient (Wildman–Crippen LogP) is 2.40. The first kappa shape index (κ1) is 11.0. The topological polar surface area (TPSA) is 35.5 Å². The molecular formula is C13H16O3. The Balaban J connectivity index is 2.26. The van der Waals surface area contributed by atoms with Crippen molar-refractivity contribution in [3.63, 3.8) is 0 Å². The van der Waals surface area contributed by atoms with Crippen molar-refractivity contribution in [1.82, 2.24) is 0 Å². The summed E-state index contributed by atoms with van der Waals surface area (Å²) in [6.45, 7) is 1.98. The average molecular weight is 220 g/mol. The van der Waals surface area contributed by atoms with Crippen molar-refractivity contribution in [1.29, 1.82) is 0 Å². The third-order valence-electron chi connectivity index (χ3n) is 3.37. The molecule has 0 spiro atoms. The van der Waals surface area contributed by atoms with E-state index in [0.717, 1.165) is 17.1 Å². The van der Waals surface area contributed by atoms with Gasteiger partial charge in [0.05, 0.1) is 14.2 Å². The maximum Gasteiger partial charge on any atom is 0.160 e. The Morgan fingerprint density at radius 1 is 1.19 bits per heavy atom. The number of ketones is 1. The van der Waals surface area contributed by atoms with Gasteiger partial charge in [-0.15, -0.1) is 0 Å². The normalized spacial score (nSPS) is 23.8. The maximum atomic E-state index is 11.2. The Morgan fingerprint density at radius 3 is 2.38 bits per heavy atom. The molecule has 86 valence electrons. The molecule has 0 aliphatic heterocycles. The lowest BCUT2D eigenvalue weighted by Crippen LogP contribution is -2.32. The van der Waals surface area contributed by atoms with Gasteiger partial charge in [0.15, 0.2) is 11.5 Å². The van der Waals surface area contributed by atoms with Gasteiger partial charge in [0.25, 0.3) is 0 Å². The van der Waals surface area contributed by atoms with E-state index in [1.165, 1.54) is 0 Å². The average Bonchev–Trinajstić information content (AvgIpc) is 2.34. The van der Waals surface area contributed by atoms with Crippen LogP contribution in [-0.2, 0) is 4.79 Å². The van der Waals surface area contributed by atoms with Gasteiger partial charge in [-0.3, -0.25) is 4.79 Å². The highest BCUT2D eigenvalue weighted by atomic mass is 16.5. The maximum absolute atomic E-state index is 11.2. The highest BCUT2D eigenvalue weighted by molar-refractivity contribution is 5.89. The Morgan fingerprint density at radius 2 is 1.88 bits per heavy atom. The number of carbonyl (C=O) groups excluding carboxylic acids is 1. The Bertz CT molecular complexity index is 412. The van der Waals surface area contributed by atoms with E-state index in [1.807, 2.05) is 25.1 Å². The molecule has 2 rings (SSSR count). The molecule has 0 heterocycles. The van der Waals surface area contributed by atoms with Gasteiger partial charge >= 0.3 is 0 Å². The van der Waals surface area contributed by atoms with Crippen molar-refractivity contribution in [2.24, 2.45) is 5.92 Å². The number of ether oxygens (including phenoxy) is 2. The molecule has 1 saturated carbocycles. The lowest BCUT2D eigenvalue weighted by atomic mass is 9.70.